The Labute approximate surface area is 113 Å². The van der Waals surface area contributed by atoms with E-state index in [0.29, 0.717) is 31.9 Å². The molecule has 5 heteroatoms. The van der Waals surface area contributed by atoms with Gasteiger partial charge in [0, 0.05) is 13.0 Å². The Morgan fingerprint density at radius 2 is 2.16 bits per heavy atom. The average Bonchev–Trinajstić information content (AvgIpc) is 2.39. The SMILES string of the molecule is CCOc1ccc(CNCCCC(=O)O)cc1OC. The van der Waals surface area contributed by atoms with Crippen molar-refractivity contribution >= 4 is 5.97 Å². The summed E-state index contributed by atoms with van der Waals surface area (Å²) in [5, 5.41) is 11.7. The lowest BCUT2D eigenvalue weighted by Gasteiger charge is -2.11. The van der Waals surface area contributed by atoms with E-state index in [-0.39, 0.29) is 6.42 Å². The van der Waals surface area contributed by atoms with E-state index in [1.165, 1.54) is 0 Å². The number of carboxylic acids is 1. The second kappa shape index (κ2) is 8.37. The second-order valence-corrected chi connectivity index (χ2v) is 4.09. The van der Waals surface area contributed by atoms with Gasteiger partial charge in [-0.25, -0.2) is 0 Å². The first kappa shape index (κ1) is 15.3. The van der Waals surface area contributed by atoms with Gasteiger partial charge in [-0.1, -0.05) is 6.07 Å². The standard InChI is InChI=1S/C14H21NO4/c1-3-19-12-7-6-11(9-13(12)18-2)10-15-8-4-5-14(16)17/h6-7,9,15H,3-5,8,10H2,1-2H3,(H,16,17). The zero-order chi connectivity index (χ0) is 14.1. The molecule has 0 fully saturated rings. The van der Waals surface area contributed by atoms with E-state index in [9.17, 15) is 4.79 Å². The van der Waals surface area contributed by atoms with E-state index < -0.39 is 5.97 Å². The smallest absolute Gasteiger partial charge is 0.303 e. The maximum Gasteiger partial charge on any atom is 0.303 e. The molecule has 0 unspecified atom stereocenters. The summed E-state index contributed by atoms with van der Waals surface area (Å²) >= 11 is 0. The monoisotopic (exact) mass is 267 g/mol. The van der Waals surface area contributed by atoms with Gasteiger partial charge in [0.2, 0.25) is 0 Å². The van der Waals surface area contributed by atoms with Crippen molar-refractivity contribution in [2.24, 2.45) is 0 Å². The quantitative estimate of drug-likeness (QED) is 0.670. The molecule has 0 saturated carbocycles. The summed E-state index contributed by atoms with van der Waals surface area (Å²) < 4.78 is 10.7. The van der Waals surface area contributed by atoms with Crippen molar-refractivity contribution in [1.29, 1.82) is 0 Å². The second-order valence-electron chi connectivity index (χ2n) is 4.09. The van der Waals surface area contributed by atoms with Crippen LogP contribution < -0.4 is 14.8 Å². The maximum atomic E-state index is 10.4. The Kier molecular flexibility index (Phi) is 6.74. The number of hydrogen-bond acceptors (Lipinski definition) is 4. The summed E-state index contributed by atoms with van der Waals surface area (Å²) in [5.74, 6) is 0.691. The third-order valence-electron chi connectivity index (χ3n) is 2.60. The van der Waals surface area contributed by atoms with Gasteiger partial charge in [0.1, 0.15) is 0 Å². The molecule has 0 aliphatic heterocycles. The largest absolute Gasteiger partial charge is 0.493 e. The Morgan fingerprint density at radius 1 is 1.37 bits per heavy atom. The molecule has 0 spiro atoms. The molecule has 1 aromatic rings. The van der Waals surface area contributed by atoms with E-state index in [2.05, 4.69) is 5.32 Å². The van der Waals surface area contributed by atoms with Crippen molar-refractivity contribution in [2.75, 3.05) is 20.3 Å². The van der Waals surface area contributed by atoms with Crippen molar-refractivity contribution in [3.05, 3.63) is 23.8 Å². The maximum absolute atomic E-state index is 10.4. The summed E-state index contributed by atoms with van der Waals surface area (Å²) in [5.41, 5.74) is 1.08. The third-order valence-corrected chi connectivity index (χ3v) is 2.60. The molecule has 0 amide bonds. The number of methoxy groups -OCH3 is 1. The third kappa shape index (κ3) is 5.61. The van der Waals surface area contributed by atoms with Crippen molar-refractivity contribution < 1.29 is 19.4 Å². The average molecular weight is 267 g/mol. The Hall–Kier alpha value is -1.75. The molecule has 0 atom stereocenters. The molecule has 0 radical (unpaired) electrons. The van der Waals surface area contributed by atoms with Crippen LogP contribution in [-0.2, 0) is 11.3 Å². The highest BCUT2D eigenvalue weighted by atomic mass is 16.5. The number of ether oxygens (including phenoxy) is 2. The van der Waals surface area contributed by atoms with Gasteiger partial charge in [-0.2, -0.15) is 0 Å². The van der Waals surface area contributed by atoms with Gasteiger partial charge in [-0.05, 0) is 37.6 Å². The van der Waals surface area contributed by atoms with Crippen molar-refractivity contribution in [1.82, 2.24) is 5.32 Å². The van der Waals surface area contributed by atoms with Crippen LogP contribution >= 0.6 is 0 Å². The van der Waals surface area contributed by atoms with Crippen LogP contribution in [0.4, 0.5) is 0 Å². The number of rotatable bonds is 9. The molecule has 106 valence electrons. The minimum absolute atomic E-state index is 0.194. The number of aliphatic carboxylic acids is 1. The lowest BCUT2D eigenvalue weighted by atomic mass is 10.2. The molecule has 5 nitrogen and oxygen atoms in total. The highest BCUT2D eigenvalue weighted by Crippen LogP contribution is 2.27. The molecule has 2 N–H and O–H groups in total. The molecule has 0 bridgehead atoms. The van der Waals surface area contributed by atoms with E-state index in [0.717, 1.165) is 11.3 Å². The van der Waals surface area contributed by atoms with Gasteiger partial charge in [-0.3, -0.25) is 4.79 Å². The minimum Gasteiger partial charge on any atom is -0.493 e. The summed E-state index contributed by atoms with van der Waals surface area (Å²) in [6.45, 7) is 3.89. The molecule has 19 heavy (non-hydrogen) atoms. The number of carbonyl (C=O) groups is 1. The summed E-state index contributed by atoms with van der Waals surface area (Å²) in [7, 11) is 1.61. The first-order valence-electron chi connectivity index (χ1n) is 6.39. The predicted octanol–water partition coefficient (Wildman–Crippen LogP) is 2.05. The van der Waals surface area contributed by atoms with Crippen LogP contribution in [0.15, 0.2) is 18.2 Å². The van der Waals surface area contributed by atoms with E-state index in [1.54, 1.807) is 7.11 Å². The first-order valence-corrected chi connectivity index (χ1v) is 6.39. The van der Waals surface area contributed by atoms with Crippen LogP contribution in [0.2, 0.25) is 0 Å². The molecule has 0 aliphatic carbocycles. The predicted molar refractivity (Wildman–Crippen MR) is 72.7 cm³/mol. The highest BCUT2D eigenvalue weighted by Gasteiger charge is 2.05. The Morgan fingerprint density at radius 3 is 2.79 bits per heavy atom. The number of nitrogens with one attached hydrogen (secondary N) is 1. The van der Waals surface area contributed by atoms with Crippen LogP contribution in [0, 0.1) is 0 Å². The van der Waals surface area contributed by atoms with Crippen molar-refractivity contribution in [2.45, 2.75) is 26.3 Å². The van der Waals surface area contributed by atoms with E-state index in [4.69, 9.17) is 14.6 Å². The number of carboxylic acid groups (broad SMARTS) is 1. The van der Waals surface area contributed by atoms with Crippen molar-refractivity contribution in [3.8, 4) is 11.5 Å². The van der Waals surface area contributed by atoms with Gasteiger partial charge < -0.3 is 19.9 Å². The van der Waals surface area contributed by atoms with Crippen LogP contribution in [-0.4, -0.2) is 31.3 Å². The number of benzene rings is 1. The fourth-order valence-electron chi connectivity index (χ4n) is 1.69. The van der Waals surface area contributed by atoms with Crippen LogP contribution in [0.5, 0.6) is 11.5 Å². The summed E-state index contributed by atoms with van der Waals surface area (Å²) in [4.78, 5) is 10.4. The minimum atomic E-state index is -0.760. The zero-order valence-electron chi connectivity index (χ0n) is 11.4. The highest BCUT2D eigenvalue weighted by molar-refractivity contribution is 5.66. The fourth-order valence-corrected chi connectivity index (χ4v) is 1.69. The van der Waals surface area contributed by atoms with Crippen LogP contribution in [0.25, 0.3) is 0 Å². The Bertz CT molecular complexity index is 406. The van der Waals surface area contributed by atoms with Crippen LogP contribution in [0.3, 0.4) is 0 Å². The summed E-state index contributed by atoms with van der Waals surface area (Å²) in [6, 6.07) is 5.78. The summed E-state index contributed by atoms with van der Waals surface area (Å²) in [6.07, 6.45) is 0.823. The molecular formula is C14H21NO4. The molecule has 0 heterocycles. The number of hydrogen-bond donors (Lipinski definition) is 2. The molecule has 0 aliphatic rings. The fraction of sp³-hybridized carbons (Fsp3) is 0.500. The molecular weight excluding hydrogens is 246 g/mol. The normalized spacial score (nSPS) is 10.2. The molecule has 1 rings (SSSR count). The van der Waals surface area contributed by atoms with E-state index in [1.807, 2.05) is 25.1 Å². The Balaban J connectivity index is 2.43. The lowest BCUT2D eigenvalue weighted by molar-refractivity contribution is -0.137. The van der Waals surface area contributed by atoms with Gasteiger partial charge in [0.25, 0.3) is 0 Å². The molecule has 0 aromatic heterocycles. The van der Waals surface area contributed by atoms with Crippen molar-refractivity contribution in [3.63, 3.8) is 0 Å². The molecule has 0 saturated heterocycles. The van der Waals surface area contributed by atoms with E-state index >= 15 is 0 Å². The molecule has 1 aromatic carbocycles. The van der Waals surface area contributed by atoms with Crippen LogP contribution in [0.1, 0.15) is 25.3 Å². The lowest BCUT2D eigenvalue weighted by Crippen LogP contribution is -2.15. The van der Waals surface area contributed by atoms with Gasteiger partial charge >= 0.3 is 5.97 Å². The van der Waals surface area contributed by atoms with Gasteiger partial charge in [-0.15, -0.1) is 0 Å². The first-order chi connectivity index (χ1) is 9.17. The van der Waals surface area contributed by atoms with Gasteiger partial charge in [0.05, 0.1) is 13.7 Å². The zero-order valence-corrected chi connectivity index (χ0v) is 11.4. The van der Waals surface area contributed by atoms with Gasteiger partial charge in [0.15, 0.2) is 11.5 Å². The topological polar surface area (TPSA) is 67.8 Å².